The summed E-state index contributed by atoms with van der Waals surface area (Å²) in [6, 6.07) is 16.1. The molecule has 0 atom stereocenters. The maximum atomic E-state index is 13.3. The smallest absolute Gasteiger partial charge is 0.272 e. The number of hydrogen-bond acceptors (Lipinski definition) is 5. The van der Waals surface area contributed by atoms with Crippen molar-refractivity contribution in [2.45, 2.75) is 31.6 Å². The van der Waals surface area contributed by atoms with E-state index in [9.17, 15) is 23.3 Å². The van der Waals surface area contributed by atoms with Crippen LogP contribution in [0.1, 0.15) is 33.5 Å². The van der Waals surface area contributed by atoms with Crippen molar-refractivity contribution in [2.24, 2.45) is 0 Å². The number of amides is 1. The predicted molar refractivity (Wildman–Crippen MR) is 126 cm³/mol. The first-order valence-corrected chi connectivity index (χ1v) is 11.9. The Morgan fingerprint density at radius 3 is 2.42 bits per heavy atom. The molecular weight excluding hydrogens is 442 g/mol. The molecule has 3 aromatic rings. The van der Waals surface area contributed by atoms with Crippen LogP contribution in [0.2, 0.25) is 0 Å². The molecule has 1 aliphatic rings. The zero-order valence-electron chi connectivity index (χ0n) is 18.2. The zero-order valence-corrected chi connectivity index (χ0v) is 19.1. The molecule has 0 unspecified atom stereocenters. The Balaban J connectivity index is 1.63. The van der Waals surface area contributed by atoms with Gasteiger partial charge in [-0.25, -0.2) is 8.42 Å². The van der Waals surface area contributed by atoms with Crippen molar-refractivity contribution in [2.75, 3.05) is 16.2 Å². The van der Waals surface area contributed by atoms with Crippen LogP contribution in [0.15, 0.2) is 65.6 Å². The summed E-state index contributed by atoms with van der Waals surface area (Å²) >= 11 is 0. The number of rotatable bonds is 5. The molecule has 0 fully saturated rings. The van der Waals surface area contributed by atoms with Crippen LogP contribution in [0, 0.1) is 24.0 Å². The van der Waals surface area contributed by atoms with E-state index < -0.39 is 20.9 Å². The summed E-state index contributed by atoms with van der Waals surface area (Å²) in [5.74, 6) is -0.434. The highest BCUT2D eigenvalue weighted by molar-refractivity contribution is 7.92. The summed E-state index contributed by atoms with van der Waals surface area (Å²) in [7, 11) is -3.75. The lowest BCUT2D eigenvalue weighted by Gasteiger charge is -2.31. The highest BCUT2D eigenvalue weighted by Gasteiger charge is 2.29. The van der Waals surface area contributed by atoms with Gasteiger partial charge in [0.05, 0.1) is 15.5 Å². The van der Waals surface area contributed by atoms with Crippen molar-refractivity contribution in [1.82, 2.24) is 0 Å². The van der Waals surface area contributed by atoms with E-state index >= 15 is 0 Å². The standard InChI is InChI=1S/C24H23N3O5S/c1-16-5-10-21(11-6-16)33(31,32)26-13-3-4-18-7-9-20(15-23(18)26)25-24(28)19-8-12-22(27(29)30)17(2)14-19/h5-12,14-15H,3-4,13H2,1-2H3,(H,25,28). The summed E-state index contributed by atoms with van der Waals surface area (Å²) in [4.78, 5) is 23.5. The number of carbonyl (C=O) groups is 1. The van der Waals surface area contributed by atoms with Crippen molar-refractivity contribution in [3.8, 4) is 0 Å². The number of anilines is 2. The Morgan fingerprint density at radius 1 is 1.03 bits per heavy atom. The van der Waals surface area contributed by atoms with E-state index in [1.807, 2.05) is 13.0 Å². The second kappa shape index (κ2) is 8.67. The third kappa shape index (κ3) is 4.45. The molecule has 1 heterocycles. The second-order valence-electron chi connectivity index (χ2n) is 8.05. The number of nitro groups is 1. The third-order valence-electron chi connectivity index (χ3n) is 5.68. The Morgan fingerprint density at radius 2 is 1.76 bits per heavy atom. The Labute approximate surface area is 192 Å². The van der Waals surface area contributed by atoms with Crippen LogP contribution < -0.4 is 9.62 Å². The summed E-state index contributed by atoms with van der Waals surface area (Å²) in [6.07, 6.45) is 1.44. The van der Waals surface area contributed by atoms with Gasteiger partial charge in [-0.05, 0) is 68.7 Å². The first-order valence-electron chi connectivity index (χ1n) is 10.5. The average molecular weight is 466 g/mol. The fraction of sp³-hybridized carbons (Fsp3) is 0.208. The van der Waals surface area contributed by atoms with Crippen LogP contribution >= 0.6 is 0 Å². The lowest BCUT2D eigenvalue weighted by atomic mass is 10.0. The number of nitro benzene ring substituents is 1. The number of nitrogens with zero attached hydrogens (tertiary/aromatic N) is 2. The van der Waals surface area contributed by atoms with Crippen LogP contribution in [0.25, 0.3) is 0 Å². The van der Waals surface area contributed by atoms with Gasteiger partial charge in [-0.15, -0.1) is 0 Å². The fourth-order valence-corrected chi connectivity index (χ4v) is 5.44. The van der Waals surface area contributed by atoms with Gasteiger partial charge in [0.1, 0.15) is 0 Å². The molecule has 4 rings (SSSR count). The summed E-state index contributed by atoms with van der Waals surface area (Å²) < 4.78 is 28.0. The molecule has 33 heavy (non-hydrogen) atoms. The van der Waals surface area contributed by atoms with Gasteiger partial charge in [0.25, 0.3) is 21.6 Å². The van der Waals surface area contributed by atoms with Crippen LogP contribution in [-0.4, -0.2) is 25.8 Å². The highest BCUT2D eigenvalue weighted by atomic mass is 32.2. The normalized spacial score (nSPS) is 13.3. The van der Waals surface area contributed by atoms with Gasteiger partial charge in [-0.3, -0.25) is 19.2 Å². The minimum Gasteiger partial charge on any atom is -0.322 e. The van der Waals surface area contributed by atoms with Crippen LogP contribution in [0.5, 0.6) is 0 Å². The monoisotopic (exact) mass is 465 g/mol. The maximum Gasteiger partial charge on any atom is 0.272 e. The third-order valence-corrected chi connectivity index (χ3v) is 7.51. The zero-order chi connectivity index (χ0) is 23.8. The van der Waals surface area contributed by atoms with Gasteiger partial charge in [0.2, 0.25) is 0 Å². The predicted octanol–water partition coefficient (Wildman–Crippen LogP) is 4.61. The van der Waals surface area contributed by atoms with E-state index in [0.717, 1.165) is 17.5 Å². The van der Waals surface area contributed by atoms with E-state index in [4.69, 9.17) is 0 Å². The topological polar surface area (TPSA) is 110 Å². The summed E-state index contributed by atoms with van der Waals surface area (Å²) in [5, 5.41) is 13.8. The number of carbonyl (C=O) groups excluding carboxylic acids is 1. The van der Waals surface area contributed by atoms with E-state index in [1.54, 1.807) is 43.3 Å². The highest BCUT2D eigenvalue weighted by Crippen LogP contribution is 2.34. The quantitative estimate of drug-likeness (QED) is 0.437. The molecule has 0 aromatic heterocycles. The number of benzene rings is 3. The van der Waals surface area contributed by atoms with Crippen LogP contribution in [-0.2, 0) is 16.4 Å². The molecule has 170 valence electrons. The molecule has 3 aromatic carbocycles. The lowest BCUT2D eigenvalue weighted by Crippen LogP contribution is -2.35. The van der Waals surface area contributed by atoms with Gasteiger partial charge in [-0.1, -0.05) is 23.8 Å². The molecule has 9 heteroatoms. The largest absolute Gasteiger partial charge is 0.322 e. The molecule has 0 radical (unpaired) electrons. The van der Waals surface area contributed by atoms with E-state index in [0.29, 0.717) is 29.9 Å². The molecule has 0 spiro atoms. The Hall–Kier alpha value is -3.72. The number of sulfonamides is 1. The molecule has 0 saturated heterocycles. The van der Waals surface area contributed by atoms with Gasteiger partial charge < -0.3 is 5.32 Å². The van der Waals surface area contributed by atoms with Gasteiger partial charge >= 0.3 is 0 Å². The Bertz CT molecular complexity index is 1350. The first-order chi connectivity index (χ1) is 15.7. The molecule has 0 saturated carbocycles. The molecule has 1 amide bonds. The molecular formula is C24H23N3O5S. The summed E-state index contributed by atoms with van der Waals surface area (Å²) in [5.41, 5.74) is 3.45. The fourth-order valence-electron chi connectivity index (χ4n) is 3.91. The number of nitrogens with one attached hydrogen (secondary N) is 1. The van der Waals surface area contributed by atoms with Gasteiger partial charge in [0.15, 0.2) is 0 Å². The van der Waals surface area contributed by atoms with E-state index in [2.05, 4.69) is 5.32 Å². The van der Waals surface area contributed by atoms with Crippen molar-refractivity contribution in [3.05, 3.63) is 93.0 Å². The van der Waals surface area contributed by atoms with Crippen LogP contribution in [0.3, 0.4) is 0 Å². The first kappa shape index (κ1) is 22.5. The van der Waals surface area contributed by atoms with Gasteiger partial charge in [0, 0.05) is 29.4 Å². The van der Waals surface area contributed by atoms with E-state index in [1.165, 1.54) is 22.5 Å². The van der Waals surface area contributed by atoms with Crippen molar-refractivity contribution < 1.29 is 18.1 Å². The number of aryl methyl sites for hydroxylation is 3. The SMILES string of the molecule is Cc1ccc(S(=O)(=O)N2CCCc3ccc(NC(=O)c4ccc([N+](=O)[O-])c(C)c4)cc32)cc1. The average Bonchev–Trinajstić information content (AvgIpc) is 2.78. The van der Waals surface area contributed by atoms with E-state index in [-0.39, 0.29) is 16.1 Å². The minimum absolute atomic E-state index is 0.0581. The number of hydrogen-bond donors (Lipinski definition) is 1. The van der Waals surface area contributed by atoms with Gasteiger partial charge in [-0.2, -0.15) is 0 Å². The van der Waals surface area contributed by atoms with Crippen molar-refractivity contribution in [1.29, 1.82) is 0 Å². The van der Waals surface area contributed by atoms with Crippen molar-refractivity contribution in [3.63, 3.8) is 0 Å². The maximum absolute atomic E-state index is 13.3. The molecule has 1 aliphatic heterocycles. The molecule has 8 nitrogen and oxygen atoms in total. The minimum atomic E-state index is -3.75. The summed E-state index contributed by atoms with van der Waals surface area (Å²) in [6.45, 7) is 3.82. The second-order valence-corrected chi connectivity index (χ2v) is 9.91. The molecule has 0 aliphatic carbocycles. The lowest BCUT2D eigenvalue weighted by molar-refractivity contribution is -0.385. The Kier molecular flexibility index (Phi) is 5.90. The molecule has 1 N–H and O–H groups in total. The van der Waals surface area contributed by atoms with Crippen LogP contribution in [0.4, 0.5) is 17.1 Å². The number of fused-ring (bicyclic) bond motifs is 1. The van der Waals surface area contributed by atoms with Crippen molar-refractivity contribution >= 4 is 33.0 Å². The molecule has 0 bridgehead atoms.